The van der Waals surface area contributed by atoms with Gasteiger partial charge in [0, 0.05) is 22.6 Å². The van der Waals surface area contributed by atoms with E-state index in [1.807, 2.05) is 62.4 Å². The second kappa shape index (κ2) is 9.59. The van der Waals surface area contributed by atoms with E-state index in [0.29, 0.717) is 12.1 Å². The number of carbonyl (C=O) groups is 1. The summed E-state index contributed by atoms with van der Waals surface area (Å²) in [5.74, 6) is 3.31. The molecule has 28 heavy (non-hydrogen) atoms. The zero-order valence-corrected chi connectivity index (χ0v) is 17.6. The maximum absolute atomic E-state index is 13.2. The standard InChI is InChI=1S/C23H22N2OS2/c1-4-13-25(14-19-11-9-17(2)10-12-19)23(26)21-7-5-6-8-22(21)28-16-20-15-27-18(3)24-20/h1,5-12,15H,13-14,16H2,2-3H3. The molecule has 3 rings (SSSR count). The van der Waals surface area contributed by atoms with Crippen molar-refractivity contribution in [2.45, 2.75) is 31.0 Å². The molecule has 0 spiro atoms. The van der Waals surface area contributed by atoms with Crippen LogP contribution in [0.3, 0.4) is 0 Å². The Morgan fingerprint density at radius 1 is 1.18 bits per heavy atom. The highest BCUT2D eigenvalue weighted by Crippen LogP contribution is 2.28. The number of thioether (sulfide) groups is 1. The molecule has 0 atom stereocenters. The molecular weight excluding hydrogens is 384 g/mol. The molecule has 0 aliphatic carbocycles. The van der Waals surface area contributed by atoms with Crippen molar-refractivity contribution in [2.75, 3.05) is 6.54 Å². The monoisotopic (exact) mass is 406 g/mol. The number of nitrogens with zero attached hydrogens (tertiary/aromatic N) is 2. The van der Waals surface area contributed by atoms with E-state index in [4.69, 9.17) is 6.42 Å². The average molecular weight is 407 g/mol. The van der Waals surface area contributed by atoms with Crippen LogP contribution in [-0.4, -0.2) is 22.3 Å². The molecule has 3 nitrogen and oxygen atoms in total. The van der Waals surface area contributed by atoms with Crippen molar-refractivity contribution in [3.8, 4) is 12.3 Å². The number of rotatable bonds is 7. The lowest BCUT2D eigenvalue weighted by Gasteiger charge is -2.22. The van der Waals surface area contributed by atoms with Crippen LogP contribution in [0.15, 0.2) is 58.8 Å². The van der Waals surface area contributed by atoms with E-state index in [1.165, 1.54) is 5.56 Å². The maximum Gasteiger partial charge on any atom is 0.256 e. The zero-order valence-electron chi connectivity index (χ0n) is 16.0. The first-order chi connectivity index (χ1) is 13.6. The Morgan fingerprint density at radius 3 is 2.61 bits per heavy atom. The lowest BCUT2D eigenvalue weighted by Crippen LogP contribution is -2.31. The molecular formula is C23H22N2OS2. The van der Waals surface area contributed by atoms with Crippen LogP contribution in [0.4, 0.5) is 0 Å². The normalized spacial score (nSPS) is 10.5. The molecule has 0 saturated carbocycles. The summed E-state index contributed by atoms with van der Waals surface area (Å²) in [5, 5.41) is 3.12. The van der Waals surface area contributed by atoms with Crippen molar-refractivity contribution >= 4 is 29.0 Å². The lowest BCUT2D eigenvalue weighted by atomic mass is 10.1. The Balaban J connectivity index is 1.78. The molecule has 5 heteroatoms. The first-order valence-electron chi connectivity index (χ1n) is 8.98. The van der Waals surface area contributed by atoms with Gasteiger partial charge >= 0.3 is 0 Å². The number of hydrogen-bond donors (Lipinski definition) is 0. The first kappa shape index (κ1) is 20.2. The summed E-state index contributed by atoms with van der Waals surface area (Å²) < 4.78 is 0. The molecule has 0 aliphatic heterocycles. The van der Waals surface area contributed by atoms with Crippen molar-refractivity contribution in [1.29, 1.82) is 0 Å². The molecule has 0 radical (unpaired) electrons. The first-order valence-corrected chi connectivity index (χ1v) is 10.8. The van der Waals surface area contributed by atoms with Gasteiger partial charge in [-0.1, -0.05) is 47.9 Å². The second-order valence-corrected chi connectivity index (χ2v) is 8.57. The van der Waals surface area contributed by atoms with Gasteiger partial charge in [0.05, 0.1) is 22.8 Å². The van der Waals surface area contributed by atoms with E-state index >= 15 is 0 Å². The van der Waals surface area contributed by atoms with Gasteiger partial charge < -0.3 is 4.90 Å². The van der Waals surface area contributed by atoms with Crippen LogP contribution < -0.4 is 0 Å². The molecule has 0 bridgehead atoms. The maximum atomic E-state index is 13.2. The number of hydrogen-bond acceptors (Lipinski definition) is 4. The number of carbonyl (C=O) groups excluding carboxylic acids is 1. The zero-order chi connectivity index (χ0) is 19.9. The highest BCUT2D eigenvalue weighted by molar-refractivity contribution is 7.98. The van der Waals surface area contributed by atoms with Gasteiger partial charge in [-0.2, -0.15) is 0 Å². The fourth-order valence-electron chi connectivity index (χ4n) is 2.79. The highest BCUT2D eigenvalue weighted by atomic mass is 32.2. The number of terminal acetylenes is 1. The van der Waals surface area contributed by atoms with Gasteiger partial charge in [0.25, 0.3) is 5.91 Å². The van der Waals surface area contributed by atoms with E-state index in [2.05, 4.69) is 16.3 Å². The Labute approximate surface area is 174 Å². The largest absolute Gasteiger partial charge is 0.323 e. The van der Waals surface area contributed by atoms with Gasteiger partial charge in [-0.3, -0.25) is 4.79 Å². The third-order valence-electron chi connectivity index (χ3n) is 4.22. The summed E-state index contributed by atoms with van der Waals surface area (Å²) in [4.78, 5) is 20.4. The SMILES string of the molecule is C#CCN(Cc1ccc(C)cc1)C(=O)c1ccccc1SCc1csc(C)n1. The molecule has 0 fully saturated rings. The van der Waals surface area contributed by atoms with Crippen LogP contribution in [0, 0.1) is 26.2 Å². The number of aromatic nitrogens is 1. The van der Waals surface area contributed by atoms with Crippen LogP contribution in [0.25, 0.3) is 0 Å². The molecule has 0 unspecified atom stereocenters. The van der Waals surface area contributed by atoms with E-state index in [-0.39, 0.29) is 12.5 Å². The molecule has 0 aliphatic rings. The minimum absolute atomic E-state index is 0.0453. The average Bonchev–Trinajstić information content (AvgIpc) is 3.12. The van der Waals surface area contributed by atoms with Gasteiger partial charge in [0.15, 0.2) is 0 Å². The summed E-state index contributed by atoms with van der Waals surface area (Å²) >= 11 is 3.27. The van der Waals surface area contributed by atoms with E-state index in [0.717, 1.165) is 26.9 Å². The lowest BCUT2D eigenvalue weighted by molar-refractivity contribution is 0.0762. The molecule has 1 aromatic heterocycles. The van der Waals surface area contributed by atoms with Crippen molar-refractivity contribution in [3.05, 3.63) is 81.3 Å². The van der Waals surface area contributed by atoms with Gasteiger partial charge in [-0.15, -0.1) is 29.5 Å². The van der Waals surface area contributed by atoms with Crippen LogP contribution in [0.5, 0.6) is 0 Å². The summed E-state index contributed by atoms with van der Waals surface area (Å²) in [6.45, 7) is 4.81. The fourth-order valence-corrected chi connectivity index (χ4v) is 4.44. The van der Waals surface area contributed by atoms with Crippen molar-refractivity contribution in [1.82, 2.24) is 9.88 Å². The number of benzene rings is 2. The summed E-state index contributed by atoms with van der Waals surface area (Å²) in [6.07, 6.45) is 5.54. The van der Waals surface area contributed by atoms with Gasteiger partial charge in [0.1, 0.15) is 0 Å². The Kier molecular flexibility index (Phi) is 6.91. The third kappa shape index (κ3) is 5.25. The van der Waals surface area contributed by atoms with Crippen LogP contribution in [0.2, 0.25) is 0 Å². The van der Waals surface area contributed by atoms with Crippen molar-refractivity contribution in [2.24, 2.45) is 0 Å². The van der Waals surface area contributed by atoms with Gasteiger partial charge in [-0.25, -0.2) is 4.98 Å². The van der Waals surface area contributed by atoms with Crippen LogP contribution >= 0.6 is 23.1 Å². The summed E-state index contributed by atoms with van der Waals surface area (Å²) in [6, 6.07) is 15.9. The smallest absolute Gasteiger partial charge is 0.256 e. The Hall–Kier alpha value is -2.55. The number of thiazole rings is 1. The quantitative estimate of drug-likeness (QED) is 0.393. The molecule has 0 saturated heterocycles. The minimum Gasteiger partial charge on any atom is -0.323 e. The summed E-state index contributed by atoms with van der Waals surface area (Å²) in [5.41, 5.74) is 3.98. The van der Waals surface area contributed by atoms with Crippen LogP contribution in [0.1, 0.15) is 32.2 Å². The molecule has 1 amide bonds. The third-order valence-corrected chi connectivity index (χ3v) is 6.15. The predicted octanol–water partition coefficient (Wildman–Crippen LogP) is 5.33. The topological polar surface area (TPSA) is 33.2 Å². The Morgan fingerprint density at radius 2 is 1.93 bits per heavy atom. The van der Waals surface area contributed by atoms with E-state index in [1.54, 1.807) is 28.0 Å². The summed E-state index contributed by atoms with van der Waals surface area (Å²) in [7, 11) is 0. The second-order valence-electron chi connectivity index (χ2n) is 6.49. The molecule has 3 aromatic rings. The van der Waals surface area contributed by atoms with Gasteiger partial charge in [0.2, 0.25) is 0 Å². The molecule has 142 valence electrons. The molecule has 2 aromatic carbocycles. The highest BCUT2D eigenvalue weighted by Gasteiger charge is 2.19. The molecule has 1 heterocycles. The number of amides is 1. The predicted molar refractivity (Wildman–Crippen MR) is 118 cm³/mol. The molecule has 0 N–H and O–H groups in total. The Bertz CT molecular complexity index is 986. The van der Waals surface area contributed by atoms with E-state index in [9.17, 15) is 4.79 Å². The van der Waals surface area contributed by atoms with E-state index < -0.39 is 0 Å². The fraction of sp³-hybridized carbons (Fsp3) is 0.217. The van der Waals surface area contributed by atoms with Crippen LogP contribution in [-0.2, 0) is 12.3 Å². The van der Waals surface area contributed by atoms with Gasteiger partial charge in [-0.05, 0) is 31.5 Å². The number of aryl methyl sites for hydroxylation is 2. The van der Waals surface area contributed by atoms with Crippen molar-refractivity contribution < 1.29 is 4.79 Å². The van der Waals surface area contributed by atoms with Crippen molar-refractivity contribution in [3.63, 3.8) is 0 Å². The minimum atomic E-state index is -0.0453.